The number of carbonyl (C=O) groups is 2. The van der Waals surface area contributed by atoms with Crippen LogP contribution in [0.4, 0.5) is 0 Å². The van der Waals surface area contributed by atoms with Gasteiger partial charge in [0, 0.05) is 12.8 Å². The summed E-state index contributed by atoms with van der Waals surface area (Å²) in [6.07, 6.45) is 34.3. The highest BCUT2D eigenvalue weighted by Gasteiger charge is 2.27. The van der Waals surface area contributed by atoms with E-state index in [1.807, 2.05) is 0 Å². The van der Waals surface area contributed by atoms with Gasteiger partial charge in [0.1, 0.15) is 12.2 Å². The minimum atomic E-state index is -4.63. The average molecular weight is 747 g/mol. The molecule has 0 bridgehead atoms. The smallest absolute Gasteiger partial charge is 0.457 e. The van der Waals surface area contributed by atoms with Gasteiger partial charge < -0.3 is 24.6 Å². The molecule has 3 atom stereocenters. The molecule has 0 aromatic carbocycles. The first kappa shape index (κ1) is 49.5. The maximum atomic E-state index is 12.3. The van der Waals surface area contributed by atoms with E-state index in [2.05, 4.69) is 38.2 Å². The molecule has 10 nitrogen and oxygen atoms in total. The third kappa shape index (κ3) is 35.3. The molecule has 0 saturated carbocycles. The Morgan fingerprint density at radius 2 is 0.863 bits per heavy atom. The van der Waals surface area contributed by atoms with E-state index in [4.69, 9.17) is 18.5 Å². The first-order valence-corrected chi connectivity index (χ1v) is 21.8. The van der Waals surface area contributed by atoms with Crippen molar-refractivity contribution in [3.05, 3.63) is 24.3 Å². The Bertz CT molecular complexity index is 910. The van der Waals surface area contributed by atoms with E-state index in [9.17, 15) is 29.3 Å². The van der Waals surface area contributed by atoms with E-state index >= 15 is 0 Å². The topological polar surface area (TPSA) is 149 Å². The second-order valence-corrected chi connectivity index (χ2v) is 15.1. The van der Waals surface area contributed by atoms with Crippen molar-refractivity contribution in [2.45, 2.75) is 193 Å². The van der Waals surface area contributed by atoms with Gasteiger partial charge in [-0.15, -0.1) is 0 Å². The molecule has 0 radical (unpaired) electrons. The zero-order valence-electron chi connectivity index (χ0n) is 32.3. The van der Waals surface area contributed by atoms with Crippen molar-refractivity contribution >= 4 is 19.8 Å². The molecule has 0 aliphatic rings. The molecule has 3 N–H and O–H groups in total. The second-order valence-electron chi connectivity index (χ2n) is 13.6. The minimum Gasteiger partial charge on any atom is -0.457 e. The van der Waals surface area contributed by atoms with Crippen LogP contribution in [0, 0.1) is 0 Å². The molecule has 300 valence electrons. The number of phosphoric ester groups is 1. The summed E-state index contributed by atoms with van der Waals surface area (Å²) in [4.78, 5) is 34.4. The van der Waals surface area contributed by atoms with Gasteiger partial charge in [0.25, 0.3) is 0 Å². The fourth-order valence-electron chi connectivity index (χ4n) is 5.50. The fraction of sp³-hybridized carbons (Fsp3) is 0.850. The van der Waals surface area contributed by atoms with Crippen molar-refractivity contribution in [2.24, 2.45) is 0 Å². The SMILES string of the molecule is CCCCCC/C=C\C/C=C\CCCCCCCC(=O)OC(CO)COP(=O)(O)OCC(CO)OC(=O)CCCCCCCCCCCCCC. The zero-order chi connectivity index (χ0) is 37.7. The molecule has 0 spiro atoms. The van der Waals surface area contributed by atoms with Crippen LogP contribution in [0.1, 0.15) is 181 Å². The molecule has 0 fully saturated rings. The Morgan fingerprint density at radius 3 is 1.24 bits per heavy atom. The standard InChI is InChI=1S/C40H75O10P/c1-3-5-7-9-11-13-15-17-18-19-20-22-24-26-28-30-32-40(44)50-38(34-42)36-48-51(45,46)47-35-37(33-41)49-39(43)31-29-27-25-23-21-16-14-12-10-8-6-4-2/h13,15,18-19,37-38,41-42H,3-12,14,16-17,20-36H2,1-2H3,(H,45,46)/b15-13-,19-18-. The summed E-state index contributed by atoms with van der Waals surface area (Å²) in [7, 11) is -4.63. The molecule has 0 amide bonds. The molecule has 11 heteroatoms. The lowest BCUT2D eigenvalue weighted by atomic mass is 10.0. The molecule has 0 saturated heterocycles. The first-order valence-electron chi connectivity index (χ1n) is 20.3. The Kier molecular flexibility index (Phi) is 35.7. The van der Waals surface area contributed by atoms with E-state index in [0.717, 1.165) is 57.8 Å². The highest BCUT2D eigenvalue weighted by Crippen LogP contribution is 2.43. The summed E-state index contributed by atoms with van der Waals surface area (Å²) >= 11 is 0. The van der Waals surface area contributed by atoms with Crippen LogP contribution >= 0.6 is 7.82 Å². The minimum absolute atomic E-state index is 0.178. The van der Waals surface area contributed by atoms with Crippen LogP contribution in [0.25, 0.3) is 0 Å². The quantitative estimate of drug-likeness (QED) is 0.0241. The van der Waals surface area contributed by atoms with Crippen LogP contribution in [-0.2, 0) is 32.7 Å². The highest BCUT2D eigenvalue weighted by molar-refractivity contribution is 7.47. The number of unbranched alkanes of at least 4 members (excludes halogenated alkanes) is 20. The number of rotatable bonds is 38. The lowest BCUT2D eigenvalue weighted by molar-refractivity contribution is -0.153. The summed E-state index contributed by atoms with van der Waals surface area (Å²) in [6, 6.07) is 0. The number of allylic oxidation sites excluding steroid dienone is 4. The van der Waals surface area contributed by atoms with Crippen molar-refractivity contribution in [3.63, 3.8) is 0 Å². The third-order valence-corrected chi connectivity index (χ3v) is 9.62. The number of aliphatic hydroxyl groups excluding tert-OH is 2. The number of phosphoric acid groups is 1. The summed E-state index contributed by atoms with van der Waals surface area (Å²) < 4.78 is 32.5. The largest absolute Gasteiger partial charge is 0.472 e. The summed E-state index contributed by atoms with van der Waals surface area (Å²) in [5, 5.41) is 19.1. The van der Waals surface area contributed by atoms with Gasteiger partial charge in [-0.25, -0.2) is 4.57 Å². The molecule has 0 heterocycles. The third-order valence-electron chi connectivity index (χ3n) is 8.67. The predicted octanol–water partition coefficient (Wildman–Crippen LogP) is 10.2. The first-order chi connectivity index (χ1) is 24.8. The molecule has 0 aromatic heterocycles. The van der Waals surface area contributed by atoms with E-state index in [-0.39, 0.29) is 12.8 Å². The van der Waals surface area contributed by atoms with E-state index in [0.29, 0.717) is 12.8 Å². The number of hydrogen-bond acceptors (Lipinski definition) is 9. The molecule has 0 aliphatic heterocycles. The normalized spacial score (nSPS) is 14.2. The molecule has 51 heavy (non-hydrogen) atoms. The lowest BCUT2D eigenvalue weighted by Crippen LogP contribution is -2.28. The van der Waals surface area contributed by atoms with Crippen LogP contribution in [-0.4, -0.2) is 65.7 Å². The highest BCUT2D eigenvalue weighted by atomic mass is 31.2. The van der Waals surface area contributed by atoms with Crippen LogP contribution in [0.5, 0.6) is 0 Å². The van der Waals surface area contributed by atoms with Crippen molar-refractivity contribution < 1.29 is 47.8 Å². The van der Waals surface area contributed by atoms with E-state index < -0.39 is 58.4 Å². The Hall–Kier alpha value is -1.55. The predicted molar refractivity (Wildman–Crippen MR) is 205 cm³/mol. The Morgan fingerprint density at radius 1 is 0.529 bits per heavy atom. The van der Waals surface area contributed by atoms with Gasteiger partial charge in [-0.05, 0) is 44.9 Å². The molecule has 0 rings (SSSR count). The van der Waals surface area contributed by atoms with Gasteiger partial charge >= 0.3 is 19.8 Å². The Labute approximate surface area is 310 Å². The number of hydrogen-bond donors (Lipinski definition) is 3. The molecule has 0 aromatic rings. The van der Waals surface area contributed by atoms with Gasteiger partial charge in [-0.3, -0.25) is 18.6 Å². The molecule has 3 unspecified atom stereocenters. The van der Waals surface area contributed by atoms with Crippen LogP contribution in [0.3, 0.4) is 0 Å². The lowest BCUT2D eigenvalue weighted by Gasteiger charge is -2.20. The Balaban J connectivity index is 3.97. The maximum Gasteiger partial charge on any atom is 0.472 e. The number of esters is 2. The number of carbonyl (C=O) groups excluding carboxylic acids is 2. The van der Waals surface area contributed by atoms with Gasteiger partial charge in [0.2, 0.25) is 0 Å². The van der Waals surface area contributed by atoms with Gasteiger partial charge in [-0.1, -0.05) is 147 Å². The number of aliphatic hydroxyl groups is 2. The van der Waals surface area contributed by atoms with Crippen LogP contribution < -0.4 is 0 Å². The monoisotopic (exact) mass is 747 g/mol. The van der Waals surface area contributed by atoms with Crippen molar-refractivity contribution in [1.82, 2.24) is 0 Å². The van der Waals surface area contributed by atoms with E-state index in [1.54, 1.807) is 0 Å². The molecular weight excluding hydrogens is 671 g/mol. The van der Waals surface area contributed by atoms with Gasteiger partial charge in [-0.2, -0.15) is 0 Å². The van der Waals surface area contributed by atoms with Gasteiger partial charge in [0.15, 0.2) is 0 Å². The van der Waals surface area contributed by atoms with E-state index in [1.165, 1.54) is 83.5 Å². The van der Waals surface area contributed by atoms with Crippen molar-refractivity contribution in [3.8, 4) is 0 Å². The van der Waals surface area contributed by atoms with Crippen LogP contribution in [0.2, 0.25) is 0 Å². The summed E-state index contributed by atoms with van der Waals surface area (Å²) in [5.74, 6) is -1.03. The van der Waals surface area contributed by atoms with Crippen molar-refractivity contribution in [1.29, 1.82) is 0 Å². The maximum absolute atomic E-state index is 12.3. The van der Waals surface area contributed by atoms with Crippen LogP contribution in [0.15, 0.2) is 24.3 Å². The second kappa shape index (κ2) is 36.8. The van der Waals surface area contributed by atoms with Crippen molar-refractivity contribution in [2.75, 3.05) is 26.4 Å². The molecule has 0 aliphatic carbocycles. The summed E-state index contributed by atoms with van der Waals surface area (Å²) in [6.45, 7) is 2.17. The average Bonchev–Trinajstić information content (AvgIpc) is 3.12. The fourth-order valence-corrected chi connectivity index (χ4v) is 6.28. The van der Waals surface area contributed by atoms with Gasteiger partial charge in [0.05, 0.1) is 26.4 Å². The summed E-state index contributed by atoms with van der Waals surface area (Å²) in [5.41, 5.74) is 0. The molecular formula is C40H75O10P. The number of ether oxygens (including phenoxy) is 2. The zero-order valence-corrected chi connectivity index (χ0v) is 33.2.